The van der Waals surface area contributed by atoms with Gasteiger partial charge in [-0.25, -0.2) is 9.59 Å². The van der Waals surface area contributed by atoms with Gasteiger partial charge >= 0.3 is 11.9 Å². The van der Waals surface area contributed by atoms with Crippen LogP contribution in [0.2, 0.25) is 0 Å². The van der Waals surface area contributed by atoms with E-state index >= 15 is 0 Å². The van der Waals surface area contributed by atoms with Crippen molar-refractivity contribution in [2.75, 3.05) is 0 Å². The Morgan fingerprint density at radius 1 is 1.00 bits per heavy atom. The molecule has 0 saturated heterocycles. The second-order valence-corrected chi connectivity index (χ2v) is 11.9. The Morgan fingerprint density at radius 2 is 1.66 bits per heavy atom. The minimum atomic E-state index is -0.896. The lowest BCUT2D eigenvalue weighted by atomic mass is 9.75. The molecule has 1 aliphatic carbocycles. The molecule has 7 heteroatoms. The van der Waals surface area contributed by atoms with Crippen molar-refractivity contribution in [1.82, 2.24) is 5.32 Å². The summed E-state index contributed by atoms with van der Waals surface area (Å²) in [4.78, 5) is 25.8. The molecule has 5 atom stereocenters. The fourth-order valence-electron chi connectivity index (χ4n) is 5.27. The van der Waals surface area contributed by atoms with Crippen molar-refractivity contribution in [1.29, 1.82) is 0 Å². The number of ether oxygens (including phenoxy) is 3. The van der Waals surface area contributed by atoms with Crippen LogP contribution in [0.25, 0.3) is 11.1 Å². The smallest absolute Gasteiger partial charge is 0.349 e. The first-order chi connectivity index (χ1) is 18.1. The molecule has 1 saturated carbocycles. The molecule has 1 heterocycles. The average Bonchev–Trinajstić information content (AvgIpc) is 3.14. The summed E-state index contributed by atoms with van der Waals surface area (Å²) in [5.41, 5.74) is 2.56. The minimum Gasteiger partial charge on any atom is -0.426 e. The van der Waals surface area contributed by atoms with Gasteiger partial charge in [-0.3, -0.25) is 0 Å². The monoisotopic (exact) mass is 583 g/mol. The van der Waals surface area contributed by atoms with Gasteiger partial charge in [-0.15, -0.1) is 0 Å². The molecule has 2 aromatic carbocycles. The summed E-state index contributed by atoms with van der Waals surface area (Å²) in [5, 5.41) is 3.24. The average molecular weight is 585 g/mol. The van der Waals surface area contributed by atoms with Gasteiger partial charge < -0.3 is 19.5 Å². The number of hydrogen-bond donors (Lipinski definition) is 1. The van der Waals surface area contributed by atoms with Gasteiger partial charge in [0.2, 0.25) is 6.29 Å². The molecule has 1 N–H and O–H groups in total. The Morgan fingerprint density at radius 3 is 2.29 bits per heavy atom. The molecule has 3 unspecified atom stereocenters. The fourth-order valence-corrected chi connectivity index (χ4v) is 5.66. The van der Waals surface area contributed by atoms with E-state index in [9.17, 15) is 9.59 Å². The summed E-state index contributed by atoms with van der Waals surface area (Å²) < 4.78 is 18.0. The van der Waals surface area contributed by atoms with Crippen molar-refractivity contribution in [3.63, 3.8) is 0 Å². The molecule has 38 heavy (non-hydrogen) atoms. The van der Waals surface area contributed by atoms with E-state index in [-0.39, 0.29) is 16.5 Å². The molecule has 0 radical (unpaired) electrons. The van der Waals surface area contributed by atoms with Gasteiger partial charge in [0.1, 0.15) is 22.0 Å². The zero-order valence-electron chi connectivity index (χ0n) is 22.8. The van der Waals surface area contributed by atoms with Gasteiger partial charge in [0.15, 0.2) is 0 Å². The van der Waals surface area contributed by atoms with Crippen LogP contribution in [-0.4, -0.2) is 30.4 Å². The van der Waals surface area contributed by atoms with E-state index in [1.165, 1.54) is 6.42 Å². The van der Waals surface area contributed by atoms with Crippen LogP contribution in [0.1, 0.15) is 53.9 Å². The zero-order valence-corrected chi connectivity index (χ0v) is 24.4. The zero-order chi connectivity index (χ0) is 27.4. The maximum atomic E-state index is 13.3. The van der Waals surface area contributed by atoms with Crippen molar-refractivity contribution >= 4 is 27.9 Å². The molecule has 6 nitrogen and oxygen atoms in total. The molecular formula is C31H38BrNO5. The lowest BCUT2D eigenvalue weighted by molar-refractivity contribution is -0.182. The van der Waals surface area contributed by atoms with Gasteiger partial charge in [0, 0.05) is 0 Å². The standard InChI is InChI=1S/C31H38BrNO5/c1-18(2)24-16-11-20(5)17-25(24)37-31-28(26(32)29(34)38-31)33-27(19(3)4)30(35)36-23-14-12-22(13-15-23)21-9-7-6-8-10-21/h6-10,12-15,18-20,24-25,27,31,33H,11,16-17H2,1-5H3/t20?,24?,25?,27-,31-/m0/s1. The summed E-state index contributed by atoms with van der Waals surface area (Å²) in [5.74, 6) is 0.781. The lowest BCUT2D eigenvalue weighted by Crippen LogP contribution is -2.46. The second-order valence-electron chi connectivity index (χ2n) is 11.1. The van der Waals surface area contributed by atoms with Crippen LogP contribution in [0.5, 0.6) is 5.75 Å². The SMILES string of the molecule is CC1CCC(C(C)C)C(O[C@H]2OC(=O)C(Br)=C2N[C@H](C(=O)Oc2ccc(-c3ccccc3)cc2)C(C)C)C1. The van der Waals surface area contributed by atoms with Gasteiger partial charge in [0.25, 0.3) is 0 Å². The minimum absolute atomic E-state index is 0.0284. The van der Waals surface area contributed by atoms with E-state index in [0.29, 0.717) is 29.2 Å². The lowest BCUT2D eigenvalue weighted by Gasteiger charge is -2.38. The molecule has 2 aliphatic rings. The van der Waals surface area contributed by atoms with Gasteiger partial charge in [-0.2, -0.15) is 0 Å². The first-order valence-electron chi connectivity index (χ1n) is 13.5. The Balaban J connectivity index is 1.47. The van der Waals surface area contributed by atoms with Crippen molar-refractivity contribution in [2.45, 2.75) is 72.3 Å². The molecular weight excluding hydrogens is 546 g/mol. The van der Waals surface area contributed by atoms with Crippen LogP contribution in [0, 0.1) is 23.7 Å². The van der Waals surface area contributed by atoms with E-state index < -0.39 is 24.3 Å². The molecule has 0 aromatic heterocycles. The number of hydrogen-bond acceptors (Lipinski definition) is 6. The predicted octanol–water partition coefficient (Wildman–Crippen LogP) is 6.84. The van der Waals surface area contributed by atoms with Gasteiger partial charge in [-0.1, -0.05) is 83.5 Å². The Kier molecular flexibility index (Phi) is 9.32. The molecule has 0 bridgehead atoms. The van der Waals surface area contributed by atoms with Gasteiger partial charge in [0.05, 0.1) is 6.10 Å². The maximum Gasteiger partial charge on any atom is 0.349 e. The van der Waals surface area contributed by atoms with E-state index in [4.69, 9.17) is 14.2 Å². The number of esters is 2. The highest BCUT2D eigenvalue weighted by Gasteiger charge is 2.41. The second kappa shape index (κ2) is 12.5. The number of carbonyl (C=O) groups excluding carboxylic acids is 2. The quantitative estimate of drug-likeness (QED) is 0.257. The van der Waals surface area contributed by atoms with Crippen LogP contribution in [-0.2, 0) is 19.1 Å². The summed E-state index contributed by atoms with van der Waals surface area (Å²) in [7, 11) is 0. The maximum absolute atomic E-state index is 13.3. The first kappa shape index (κ1) is 28.4. The summed E-state index contributed by atoms with van der Waals surface area (Å²) in [6, 6.07) is 16.7. The molecule has 0 spiro atoms. The largest absolute Gasteiger partial charge is 0.426 e. The summed E-state index contributed by atoms with van der Waals surface area (Å²) >= 11 is 3.37. The molecule has 4 rings (SSSR count). The normalized spacial score (nSPS) is 24.5. The Bertz CT molecular complexity index is 1140. The number of benzene rings is 2. The van der Waals surface area contributed by atoms with Crippen LogP contribution in [0.15, 0.2) is 64.8 Å². The van der Waals surface area contributed by atoms with Crippen molar-refractivity contribution < 1.29 is 23.8 Å². The number of cyclic esters (lactones) is 1. The van der Waals surface area contributed by atoms with E-state index in [2.05, 4.69) is 42.0 Å². The molecule has 1 fully saturated rings. The summed E-state index contributed by atoms with van der Waals surface area (Å²) in [6.07, 6.45) is 2.25. The van der Waals surface area contributed by atoms with E-state index in [1.54, 1.807) is 12.1 Å². The van der Waals surface area contributed by atoms with Crippen molar-refractivity contribution in [3.8, 4) is 16.9 Å². The number of carbonyl (C=O) groups is 2. The predicted molar refractivity (Wildman–Crippen MR) is 151 cm³/mol. The van der Waals surface area contributed by atoms with Crippen LogP contribution in [0.4, 0.5) is 0 Å². The van der Waals surface area contributed by atoms with E-state index in [0.717, 1.165) is 24.0 Å². The highest BCUT2D eigenvalue weighted by molar-refractivity contribution is 9.12. The third-order valence-electron chi connectivity index (χ3n) is 7.54. The van der Waals surface area contributed by atoms with Crippen molar-refractivity contribution in [2.24, 2.45) is 23.7 Å². The highest BCUT2D eigenvalue weighted by atomic mass is 79.9. The van der Waals surface area contributed by atoms with Crippen molar-refractivity contribution in [3.05, 3.63) is 64.8 Å². The Labute approximate surface area is 234 Å². The molecule has 204 valence electrons. The first-order valence-corrected chi connectivity index (χ1v) is 14.3. The number of halogens is 1. The highest BCUT2D eigenvalue weighted by Crippen LogP contribution is 2.38. The Hall–Kier alpha value is -2.64. The fraction of sp³-hybridized carbons (Fsp3) is 0.484. The molecule has 2 aromatic rings. The topological polar surface area (TPSA) is 73.9 Å². The molecule has 1 aliphatic heterocycles. The van der Waals surface area contributed by atoms with Gasteiger partial charge in [-0.05, 0) is 75.7 Å². The number of rotatable bonds is 9. The van der Waals surface area contributed by atoms with E-state index in [1.807, 2.05) is 56.3 Å². The van der Waals surface area contributed by atoms with Crippen LogP contribution < -0.4 is 10.1 Å². The third-order valence-corrected chi connectivity index (χ3v) is 8.29. The number of nitrogens with one attached hydrogen (secondary N) is 1. The summed E-state index contributed by atoms with van der Waals surface area (Å²) in [6.45, 7) is 10.5. The molecule has 0 amide bonds. The van der Waals surface area contributed by atoms with Crippen LogP contribution >= 0.6 is 15.9 Å². The van der Waals surface area contributed by atoms with Crippen LogP contribution in [0.3, 0.4) is 0 Å². The third kappa shape index (κ3) is 6.67.